The highest BCUT2D eigenvalue weighted by molar-refractivity contribution is 9.10. The average Bonchev–Trinajstić information content (AvgIpc) is 2.47. The Bertz CT molecular complexity index is 520. The van der Waals surface area contributed by atoms with Crippen LogP contribution in [0.1, 0.15) is 12.5 Å². The zero-order valence-corrected chi connectivity index (χ0v) is 10.5. The second kappa shape index (κ2) is 3.87. The highest BCUT2D eigenvalue weighted by atomic mass is 79.9. The second-order valence-corrected chi connectivity index (χ2v) is 4.59. The first-order chi connectivity index (χ1) is 7.50. The summed E-state index contributed by atoms with van der Waals surface area (Å²) >= 11 is 3.38. The van der Waals surface area contributed by atoms with Crippen molar-refractivity contribution in [1.29, 1.82) is 0 Å². The number of carbonyl (C=O) groups excluding carboxylic acids is 2. The van der Waals surface area contributed by atoms with Crippen molar-refractivity contribution in [2.45, 2.75) is 13.8 Å². The summed E-state index contributed by atoms with van der Waals surface area (Å²) in [4.78, 5) is 24.5. The molecule has 0 bridgehead atoms. The molecule has 0 fully saturated rings. The Morgan fingerprint density at radius 1 is 1.19 bits per heavy atom. The van der Waals surface area contributed by atoms with E-state index in [0.29, 0.717) is 11.3 Å². The van der Waals surface area contributed by atoms with Gasteiger partial charge in [0.05, 0.1) is 5.69 Å². The fourth-order valence-corrected chi connectivity index (χ4v) is 1.92. The van der Waals surface area contributed by atoms with E-state index in [0.717, 1.165) is 10.0 Å². The number of hydrogen-bond acceptors (Lipinski definition) is 2. The third-order valence-electron chi connectivity index (χ3n) is 2.51. The molecule has 1 aromatic carbocycles. The molecule has 1 aliphatic heterocycles. The SMILES string of the molecule is CC1=CC(=O)N(c2ccc(C)c(Br)c2)C1=O. The van der Waals surface area contributed by atoms with Crippen molar-refractivity contribution in [3.63, 3.8) is 0 Å². The lowest BCUT2D eigenvalue weighted by Crippen LogP contribution is -2.30. The molecule has 0 aliphatic carbocycles. The number of halogens is 1. The quantitative estimate of drug-likeness (QED) is 0.741. The molecule has 0 radical (unpaired) electrons. The van der Waals surface area contributed by atoms with Gasteiger partial charge in [0.2, 0.25) is 0 Å². The maximum absolute atomic E-state index is 11.7. The third kappa shape index (κ3) is 1.69. The summed E-state index contributed by atoms with van der Waals surface area (Å²) in [6.45, 7) is 3.59. The Morgan fingerprint density at radius 3 is 2.38 bits per heavy atom. The number of anilines is 1. The molecule has 2 rings (SSSR count). The van der Waals surface area contributed by atoms with Gasteiger partial charge in [0.15, 0.2) is 0 Å². The van der Waals surface area contributed by atoms with Crippen molar-refractivity contribution in [2.75, 3.05) is 4.90 Å². The van der Waals surface area contributed by atoms with Crippen LogP contribution in [0.2, 0.25) is 0 Å². The van der Waals surface area contributed by atoms with Gasteiger partial charge in [0.1, 0.15) is 0 Å². The number of aryl methyl sites for hydroxylation is 1. The predicted molar refractivity (Wildman–Crippen MR) is 65.1 cm³/mol. The van der Waals surface area contributed by atoms with Gasteiger partial charge in [-0.2, -0.15) is 0 Å². The minimum absolute atomic E-state index is 0.249. The van der Waals surface area contributed by atoms with E-state index in [-0.39, 0.29) is 11.8 Å². The lowest BCUT2D eigenvalue weighted by atomic mass is 10.2. The second-order valence-electron chi connectivity index (χ2n) is 3.74. The Morgan fingerprint density at radius 2 is 1.88 bits per heavy atom. The molecular formula is C12H10BrNO2. The van der Waals surface area contributed by atoms with Gasteiger partial charge in [-0.3, -0.25) is 9.59 Å². The van der Waals surface area contributed by atoms with E-state index in [4.69, 9.17) is 0 Å². The van der Waals surface area contributed by atoms with Crippen LogP contribution in [-0.4, -0.2) is 11.8 Å². The molecule has 3 nitrogen and oxygen atoms in total. The van der Waals surface area contributed by atoms with Crippen LogP contribution >= 0.6 is 15.9 Å². The smallest absolute Gasteiger partial charge is 0.261 e. The van der Waals surface area contributed by atoms with Gasteiger partial charge in [0.25, 0.3) is 11.8 Å². The molecule has 1 aromatic rings. The molecule has 0 saturated carbocycles. The van der Waals surface area contributed by atoms with Gasteiger partial charge in [0, 0.05) is 16.1 Å². The summed E-state index contributed by atoms with van der Waals surface area (Å²) in [5, 5.41) is 0. The lowest BCUT2D eigenvalue weighted by molar-refractivity contribution is -0.120. The van der Waals surface area contributed by atoms with Crippen LogP contribution in [0.25, 0.3) is 0 Å². The molecule has 1 aliphatic rings. The van der Waals surface area contributed by atoms with Crippen molar-refractivity contribution in [2.24, 2.45) is 0 Å². The summed E-state index contributed by atoms with van der Waals surface area (Å²) in [6, 6.07) is 5.41. The maximum Gasteiger partial charge on any atom is 0.261 e. The number of nitrogens with zero attached hydrogens (tertiary/aromatic N) is 1. The van der Waals surface area contributed by atoms with Gasteiger partial charge in [-0.1, -0.05) is 22.0 Å². The molecule has 0 aromatic heterocycles. The molecule has 2 amide bonds. The number of hydrogen-bond donors (Lipinski definition) is 0. The van der Waals surface area contributed by atoms with E-state index in [1.54, 1.807) is 19.1 Å². The van der Waals surface area contributed by atoms with E-state index in [1.807, 2.05) is 13.0 Å². The highest BCUT2D eigenvalue weighted by Crippen LogP contribution is 2.27. The number of benzene rings is 1. The summed E-state index contributed by atoms with van der Waals surface area (Å²) in [7, 11) is 0. The first kappa shape index (κ1) is 11.1. The first-order valence-electron chi connectivity index (χ1n) is 4.83. The minimum Gasteiger partial charge on any atom is -0.269 e. The molecule has 0 N–H and O–H groups in total. The largest absolute Gasteiger partial charge is 0.269 e. The van der Waals surface area contributed by atoms with Gasteiger partial charge in [-0.25, -0.2) is 4.90 Å². The zero-order valence-electron chi connectivity index (χ0n) is 8.95. The number of amides is 2. The van der Waals surface area contributed by atoms with Gasteiger partial charge in [-0.05, 0) is 31.5 Å². The fourth-order valence-electron chi connectivity index (χ4n) is 1.55. The minimum atomic E-state index is -0.279. The fraction of sp³-hybridized carbons (Fsp3) is 0.167. The Labute approximate surface area is 102 Å². The number of carbonyl (C=O) groups is 2. The van der Waals surface area contributed by atoms with Crippen LogP contribution in [0.15, 0.2) is 34.3 Å². The van der Waals surface area contributed by atoms with Crippen molar-refractivity contribution >= 4 is 33.4 Å². The first-order valence-corrected chi connectivity index (χ1v) is 5.63. The van der Waals surface area contributed by atoms with E-state index < -0.39 is 0 Å². The predicted octanol–water partition coefficient (Wildman–Crippen LogP) is 2.58. The maximum atomic E-state index is 11.7. The Kier molecular flexibility index (Phi) is 2.68. The Hall–Kier alpha value is -1.42. The normalized spacial score (nSPS) is 15.7. The zero-order chi connectivity index (χ0) is 11.9. The molecule has 1 heterocycles. The number of imide groups is 1. The average molecular weight is 280 g/mol. The van der Waals surface area contributed by atoms with Crippen molar-refractivity contribution in [1.82, 2.24) is 0 Å². The molecule has 82 valence electrons. The van der Waals surface area contributed by atoms with Crippen LogP contribution in [0, 0.1) is 6.92 Å². The highest BCUT2D eigenvalue weighted by Gasteiger charge is 2.29. The monoisotopic (exact) mass is 279 g/mol. The van der Waals surface area contributed by atoms with Crippen LogP contribution in [0.4, 0.5) is 5.69 Å². The van der Waals surface area contributed by atoms with Crippen LogP contribution < -0.4 is 4.90 Å². The van der Waals surface area contributed by atoms with Gasteiger partial charge < -0.3 is 0 Å². The summed E-state index contributed by atoms with van der Waals surface area (Å²) in [5.41, 5.74) is 2.13. The van der Waals surface area contributed by atoms with Gasteiger partial charge >= 0.3 is 0 Å². The lowest BCUT2D eigenvalue weighted by Gasteiger charge is -2.15. The van der Waals surface area contributed by atoms with Crippen LogP contribution in [0.3, 0.4) is 0 Å². The summed E-state index contributed by atoms with van der Waals surface area (Å²) in [5.74, 6) is -0.529. The summed E-state index contributed by atoms with van der Waals surface area (Å²) < 4.78 is 0.884. The van der Waals surface area contributed by atoms with E-state index >= 15 is 0 Å². The number of rotatable bonds is 1. The molecule has 0 atom stereocenters. The van der Waals surface area contributed by atoms with E-state index in [1.165, 1.54) is 11.0 Å². The van der Waals surface area contributed by atoms with Gasteiger partial charge in [-0.15, -0.1) is 0 Å². The van der Waals surface area contributed by atoms with Crippen LogP contribution in [0.5, 0.6) is 0 Å². The van der Waals surface area contributed by atoms with E-state index in [2.05, 4.69) is 15.9 Å². The molecule has 0 spiro atoms. The Balaban J connectivity index is 2.43. The van der Waals surface area contributed by atoms with Crippen molar-refractivity contribution < 1.29 is 9.59 Å². The molecular weight excluding hydrogens is 270 g/mol. The standard InChI is InChI=1S/C12H10BrNO2/c1-7-3-4-9(6-10(7)13)14-11(15)5-8(2)12(14)16/h3-6H,1-2H3. The van der Waals surface area contributed by atoms with Crippen LogP contribution in [-0.2, 0) is 9.59 Å². The van der Waals surface area contributed by atoms with E-state index in [9.17, 15) is 9.59 Å². The molecule has 16 heavy (non-hydrogen) atoms. The van der Waals surface area contributed by atoms with Crippen molar-refractivity contribution in [3.8, 4) is 0 Å². The molecule has 4 heteroatoms. The topological polar surface area (TPSA) is 37.4 Å². The van der Waals surface area contributed by atoms with Crippen molar-refractivity contribution in [3.05, 3.63) is 39.9 Å². The molecule has 0 unspecified atom stereocenters. The third-order valence-corrected chi connectivity index (χ3v) is 3.37. The summed E-state index contributed by atoms with van der Waals surface area (Å²) in [6.07, 6.45) is 1.36. The molecule has 0 saturated heterocycles.